The molecule has 2 aromatic rings. The highest BCUT2D eigenvalue weighted by atomic mass is 32.2. The van der Waals surface area contributed by atoms with Gasteiger partial charge in [0.2, 0.25) is 5.91 Å². The fourth-order valence-corrected chi connectivity index (χ4v) is 6.64. The third-order valence-electron chi connectivity index (χ3n) is 5.53. The molecule has 1 aromatic heterocycles. The molecule has 0 bridgehead atoms. The van der Waals surface area contributed by atoms with Gasteiger partial charge < -0.3 is 9.64 Å². The minimum atomic E-state index is -4.06. The number of halogens is 1. The van der Waals surface area contributed by atoms with Crippen LogP contribution in [0.2, 0.25) is 0 Å². The van der Waals surface area contributed by atoms with E-state index in [1.54, 1.807) is 11.0 Å². The van der Waals surface area contributed by atoms with Crippen molar-refractivity contribution in [2.75, 3.05) is 13.7 Å². The molecule has 0 radical (unpaired) electrons. The Balaban J connectivity index is 1.60. The van der Waals surface area contributed by atoms with Gasteiger partial charge in [-0.3, -0.25) is 4.79 Å². The molecule has 1 aliphatic carbocycles. The fourth-order valence-electron chi connectivity index (χ4n) is 3.68. The van der Waals surface area contributed by atoms with Crippen molar-refractivity contribution in [1.29, 1.82) is 0 Å². The Kier molecular flexibility index (Phi) is 6.14. The molecule has 166 valence electrons. The minimum Gasteiger partial charge on any atom is -0.465 e. The lowest BCUT2D eigenvalue weighted by Crippen LogP contribution is -2.35. The number of ether oxygens (including phenoxy) is 1. The van der Waals surface area contributed by atoms with Crippen LogP contribution in [0.5, 0.6) is 0 Å². The van der Waals surface area contributed by atoms with Crippen LogP contribution in [-0.4, -0.2) is 38.8 Å². The summed E-state index contributed by atoms with van der Waals surface area (Å²) in [6.07, 6.45) is 3.07. The van der Waals surface area contributed by atoms with Crippen molar-refractivity contribution in [3.05, 3.63) is 51.7 Å². The van der Waals surface area contributed by atoms with Crippen LogP contribution in [0.4, 0.5) is 4.39 Å². The van der Waals surface area contributed by atoms with Gasteiger partial charge in [-0.15, -0.1) is 11.3 Å². The van der Waals surface area contributed by atoms with E-state index in [2.05, 4.69) is 4.72 Å². The summed E-state index contributed by atoms with van der Waals surface area (Å²) in [5.41, 5.74) is 1.11. The lowest BCUT2D eigenvalue weighted by atomic mass is 10.0. The summed E-state index contributed by atoms with van der Waals surface area (Å²) < 4.78 is 46.6. The van der Waals surface area contributed by atoms with Gasteiger partial charge in [-0.05, 0) is 48.4 Å². The summed E-state index contributed by atoms with van der Waals surface area (Å²) in [6, 6.07) is 5.62. The molecule has 1 fully saturated rings. The molecule has 1 aromatic carbocycles. The Hall–Kier alpha value is -2.30. The van der Waals surface area contributed by atoms with E-state index in [1.165, 1.54) is 25.3 Å². The first-order valence-electron chi connectivity index (χ1n) is 10.0. The number of carbonyl (C=O) groups is 2. The second kappa shape index (κ2) is 8.68. The molecule has 0 spiro atoms. The van der Waals surface area contributed by atoms with Gasteiger partial charge in [0, 0.05) is 24.4 Å². The second-order valence-corrected chi connectivity index (χ2v) is 10.9. The molecule has 0 saturated heterocycles. The Morgan fingerprint density at radius 2 is 2.10 bits per heavy atom. The highest BCUT2D eigenvalue weighted by molar-refractivity contribution is 7.91. The normalized spacial score (nSPS) is 16.1. The minimum absolute atomic E-state index is 0.0311. The Labute approximate surface area is 184 Å². The van der Waals surface area contributed by atoms with Crippen molar-refractivity contribution < 1.29 is 27.1 Å². The average Bonchev–Trinajstić information content (AvgIpc) is 3.47. The topological polar surface area (TPSA) is 92.8 Å². The molecule has 4 rings (SSSR count). The molecule has 2 aliphatic rings. The second-order valence-electron chi connectivity index (χ2n) is 7.83. The van der Waals surface area contributed by atoms with Crippen LogP contribution < -0.4 is 4.72 Å². The maximum Gasteiger partial charge on any atom is 0.340 e. The van der Waals surface area contributed by atoms with Crippen LogP contribution >= 0.6 is 11.3 Å². The first-order valence-corrected chi connectivity index (χ1v) is 12.3. The summed E-state index contributed by atoms with van der Waals surface area (Å²) in [5, 5.41) is 0. The first-order chi connectivity index (χ1) is 14.8. The van der Waals surface area contributed by atoms with Gasteiger partial charge in [-0.1, -0.05) is 12.1 Å². The van der Waals surface area contributed by atoms with E-state index >= 15 is 0 Å². The zero-order valence-electron chi connectivity index (χ0n) is 17.0. The van der Waals surface area contributed by atoms with Crippen LogP contribution in [0.3, 0.4) is 0 Å². The van der Waals surface area contributed by atoms with Crippen LogP contribution in [0.1, 0.15) is 45.6 Å². The molecule has 2 heterocycles. The highest BCUT2D eigenvalue weighted by Crippen LogP contribution is 2.38. The lowest BCUT2D eigenvalue weighted by molar-refractivity contribution is -0.132. The fraction of sp³-hybridized carbons (Fsp3) is 0.429. The zero-order valence-corrected chi connectivity index (χ0v) is 18.7. The van der Waals surface area contributed by atoms with Gasteiger partial charge in [0.1, 0.15) is 10.0 Å². The molecular weight excluding hydrogens is 443 g/mol. The van der Waals surface area contributed by atoms with E-state index in [1.807, 2.05) is 0 Å². The molecule has 1 saturated carbocycles. The number of nitrogens with zero attached hydrogens (tertiary/aromatic N) is 1. The molecule has 31 heavy (non-hydrogen) atoms. The Bertz CT molecular complexity index is 1120. The van der Waals surface area contributed by atoms with E-state index in [9.17, 15) is 22.4 Å². The summed E-state index contributed by atoms with van der Waals surface area (Å²) >= 11 is 0.987. The number of methoxy groups -OCH3 is 1. The van der Waals surface area contributed by atoms with Gasteiger partial charge in [0.25, 0.3) is 10.0 Å². The number of amides is 1. The highest BCUT2D eigenvalue weighted by Gasteiger charge is 2.35. The summed E-state index contributed by atoms with van der Waals surface area (Å²) in [6.45, 7) is 0.611. The number of esters is 1. The number of hydrogen-bond acceptors (Lipinski definition) is 6. The van der Waals surface area contributed by atoms with Gasteiger partial charge in [-0.2, -0.15) is 0 Å². The van der Waals surface area contributed by atoms with E-state index in [0.29, 0.717) is 41.3 Å². The molecule has 1 N–H and O–H groups in total. The van der Waals surface area contributed by atoms with Crippen LogP contribution in [0, 0.1) is 11.7 Å². The molecule has 10 heteroatoms. The van der Waals surface area contributed by atoms with Gasteiger partial charge in [0.15, 0.2) is 0 Å². The monoisotopic (exact) mass is 466 g/mol. The SMILES string of the molecule is COC(=O)c1c(S(=O)(=O)NCc2cccc(F)c2)sc2c1CCN(C(=O)CC1CC1)C2. The molecule has 1 amide bonds. The summed E-state index contributed by atoms with van der Waals surface area (Å²) in [4.78, 5) is 27.4. The maximum absolute atomic E-state index is 13.4. The lowest BCUT2D eigenvalue weighted by Gasteiger charge is -2.27. The van der Waals surface area contributed by atoms with E-state index in [0.717, 1.165) is 24.2 Å². The number of thiophene rings is 1. The van der Waals surface area contributed by atoms with Crippen molar-refractivity contribution in [2.45, 2.75) is 43.0 Å². The number of benzene rings is 1. The van der Waals surface area contributed by atoms with Gasteiger partial charge >= 0.3 is 5.97 Å². The summed E-state index contributed by atoms with van der Waals surface area (Å²) in [5.74, 6) is -0.656. The zero-order chi connectivity index (χ0) is 22.2. The quantitative estimate of drug-likeness (QED) is 0.634. The van der Waals surface area contributed by atoms with Crippen molar-refractivity contribution in [3.63, 3.8) is 0 Å². The van der Waals surface area contributed by atoms with Crippen molar-refractivity contribution in [3.8, 4) is 0 Å². The van der Waals surface area contributed by atoms with Gasteiger partial charge in [-0.25, -0.2) is 22.3 Å². The number of fused-ring (bicyclic) bond motifs is 1. The number of carbonyl (C=O) groups excluding carboxylic acids is 2. The predicted molar refractivity (Wildman–Crippen MR) is 113 cm³/mol. The molecular formula is C21H23FN2O5S2. The smallest absolute Gasteiger partial charge is 0.340 e. The molecule has 7 nitrogen and oxygen atoms in total. The average molecular weight is 467 g/mol. The molecule has 1 aliphatic heterocycles. The number of rotatable bonds is 7. The predicted octanol–water partition coefficient (Wildman–Crippen LogP) is 2.84. The van der Waals surface area contributed by atoms with Crippen molar-refractivity contribution >= 4 is 33.2 Å². The number of hydrogen-bond donors (Lipinski definition) is 1. The molecule has 0 atom stereocenters. The first kappa shape index (κ1) is 21.9. The van der Waals surface area contributed by atoms with Gasteiger partial charge in [0.05, 0.1) is 19.2 Å². The number of sulfonamides is 1. The third kappa shape index (κ3) is 4.81. The van der Waals surface area contributed by atoms with Crippen molar-refractivity contribution in [1.82, 2.24) is 9.62 Å². The third-order valence-corrected chi connectivity index (χ3v) is 8.66. The van der Waals surface area contributed by atoms with Crippen molar-refractivity contribution in [2.24, 2.45) is 5.92 Å². The Morgan fingerprint density at radius 1 is 1.32 bits per heavy atom. The standard InChI is InChI=1S/C21H23FN2O5S2/c1-29-20(26)19-16-7-8-24(18(25)10-13-5-6-13)12-17(16)30-21(19)31(27,28)23-11-14-3-2-4-15(22)9-14/h2-4,9,13,23H,5-8,10-12H2,1H3. The van der Waals surface area contributed by atoms with E-state index < -0.39 is 21.8 Å². The Morgan fingerprint density at radius 3 is 2.77 bits per heavy atom. The van der Waals surface area contributed by atoms with E-state index in [-0.39, 0.29) is 28.8 Å². The summed E-state index contributed by atoms with van der Waals surface area (Å²) in [7, 11) is -2.85. The maximum atomic E-state index is 13.4. The largest absolute Gasteiger partial charge is 0.465 e. The molecule has 0 unspecified atom stereocenters. The van der Waals surface area contributed by atoms with Crippen LogP contribution in [0.15, 0.2) is 28.5 Å². The van der Waals surface area contributed by atoms with Crippen LogP contribution in [-0.2, 0) is 39.1 Å². The van der Waals surface area contributed by atoms with Crippen LogP contribution in [0.25, 0.3) is 0 Å². The number of nitrogens with one attached hydrogen (secondary N) is 1. The van der Waals surface area contributed by atoms with E-state index in [4.69, 9.17) is 4.74 Å².